The minimum Gasteiger partial charge on any atom is -0.481 e. The molecule has 0 aromatic carbocycles. The number of carbonyl (C=O) groups excluding carboxylic acids is 1. The Labute approximate surface area is 109 Å². The summed E-state index contributed by atoms with van der Waals surface area (Å²) in [6.45, 7) is 0.516. The largest absolute Gasteiger partial charge is 0.481 e. The van der Waals surface area contributed by atoms with E-state index in [4.69, 9.17) is 5.11 Å². The molecule has 0 unspecified atom stereocenters. The van der Waals surface area contributed by atoms with Crippen LogP contribution in [0.5, 0.6) is 0 Å². The van der Waals surface area contributed by atoms with Crippen LogP contribution < -0.4 is 5.32 Å². The average Bonchev–Trinajstić information content (AvgIpc) is 2.89. The summed E-state index contributed by atoms with van der Waals surface area (Å²) in [5.41, 5.74) is 1.74. The molecule has 0 saturated heterocycles. The second-order valence-electron chi connectivity index (χ2n) is 4.57. The predicted octanol–water partition coefficient (Wildman–Crippen LogP) is 1.65. The molecule has 98 valence electrons. The van der Waals surface area contributed by atoms with E-state index in [0.717, 1.165) is 4.88 Å². The van der Waals surface area contributed by atoms with E-state index in [1.54, 1.807) is 11.7 Å². The van der Waals surface area contributed by atoms with Gasteiger partial charge in [0.2, 0.25) is 5.91 Å². The van der Waals surface area contributed by atoms with Crippen molar-refractivity contribution in [3.63, 3.8) is 0 Å². The Morgan fingerprint density at radius 3 is 2.56 bits per heavy atom. The molecule has 18 heavy (non-hydrogen) atoms. The van der Waals surface area contributed by atoms with E-state index in [0.29, 0.717) is 32.2 Å². The molecule has 5 nitrogen and oxygen atoms in total. The number of hydrogen-bond acceptors (Lipinski definition) is 4. The molecule has 1 aromatic heterocycles. The molecule has 0 spiro atoms. The molecule has 2 N–H and O–H groups in total. The molecule has 1 heterocycles. The van der Waals surface area contributed by atoms with Crippen molar-refractivity contribution in [2.75, 3.05) is 0 Å². The van der Waals surface area contributed by atoms with Crippen molar-refractivity contribution in [1.29, 1.82) is 0 Å². The van der Waals surface area contributed by atoms with E-state index in [1.807, 2.05) is 0 Å². The minimum absolute atomic E-state index is 0.0338. The number of rotatable bonds is 4. The highest BCUT2D eigenvalue weighted by atomic mass is 32.1. The van der Waals surface area contributed by atoms with Crippen molar-refractivity contribution >= 4 is 23.2 Å². The van der Waals surface area contributed by atoms with Gasteiger partial charge in [0.25, 0.3) is 0 Å². The zero-order valence-corrected chi connectivity index (χ0v) is 10.8. The number of aliphatic carboxylic acids is 1. The lowest BCUT2D eigenvalue weighted by Gasteiger charge is -2.25. The Hall–Kier alpha value is -1.43. The van der Waals surface area contributed by atoms with Crippen LogP contribution in [0.3, 0.4) is 0 Å². The van der Waals surface area contributed by atoms with Gasteiger partial charge in [0.05, 0.1) is 18.0 Å². The summed E-state index contributed by atoms with van der Waals surface area (Å²) in [7, 11) is 0. The lowest BCUT2D eigenvalue weighted by atomic mass is 9.81. The van der Waals surface area contributed by atoms with Gasteiger partial charge in [-0.05, 0) is 25.7 Å². The molecule has 1 saturated carbocycles. The van der Waals surface area contributed by atoms with E-state index >= 15 is 0 Å². The number of nitrogens with zero attached hydrogens (tertiary/aromatic N) is 1. The van der Waals surface area contributed by atoms with Crippen molar-refractivity contribution in [2.24, 2.45) is 11.8 Å². The maximum atomic E-state index is 11.9. The van der Waals surface area contributed by atoms with Crippen LogP contribution in [0.2, 0.25) is 0 Å². The number of carboxylic acids is 1. The lowest BCUT2D eigenvalue weighted by molar-refractivity contribution is -0.144. The molecular formula is C12H16N2O3S. The average molecular weight is 268 g/mol. The number of aromatic nitrogens is 1. The molecule has 0 atom stereocenters. The smallest absolute Gasteiger partial charge is 0.306 e. The normalized spacial score (nSPS) is 23.6. The van der Waals surface area contributed by atoms with Gasteiger partial charge in [-0.3, -0.25) is 14.6 Å². The molecule has 1 aliphatic carbocycles. The molecule has 1 amide bonds. The summed E-state index contributed by atoms with van der Waals surface area (Å²) in [4.78, 5) is 27.7. The minimum atomic E-state index is -0.737. The van der Waals surface area contributed by atoms with Crippen LogP contribution in [0.25, 0.3) is 0 Å². The van der Waals surface area contributed by atoms with Crippen LogP contribution in [0.15, 0.2) is 11.7 Å². The third-order valence-corrected chi connectivity index (χ3v) is 4.15. The Balaban J connectivity index is 1.75. The van der Waals surface area contributed by atoms with E-state index in [9.17, 15) is 9.59 Å². The molecule has 1 aliphatic rings. The van der Waals surface area contributed by atoms with Gasteiger partial charge in [0.1, 0.15) is 0 Å². The molecule has 1 aromatic rings. The van der Waals surface area contributed by atoms with Gasteiger partial charge in [-0.15, -0.1) is 11.3 Å². The van der Waals surface area contributed by atoms with Crippen LogP contribution in [0, 0.1) is 11.8 Å². The van der Waals surface area contributed by atoms with Gasteiger partial charge in [0.15, 0.2) is 0 Å². The van der Waals surface area contributed by atoms with Crippen LogP contribution >= 0.6 is 11.3 Å². The monoisotopic (exact) mass is 268 g/mol. The Morgan fingerprint density at radius 1 is 1.33 bits per heavy atom. The van der Waals surface area contributed by atoms with Crippen LogP contribution in [0.4, 0.5) is 0 Å². The summed E-state index contributed by atoms with van der Waals surface area (Å²) in [6.07, 6.45) is 4.30. The molecule has 1 fully saturated rings. The van der Waals surface area contributed by atoms with Crippen LogP contribution in [-0.4, -0.2) is 22.0 Å². The summed E-state index contributed by atoms with van der Waals surface area (Å²) in [5, 5.41) is 11.8. The first-order valence-corrected chi connectivity index (χ1v) is 6.92. The number of thiazole rings is 1. The zero-order valence-electron chi connectivity index (χ0n) is 9.96. The van der Waals surface area contributed by atoms with Gasteiger partial charge in [-0.2, -0.15) is 0 Å². The number of amides is 1. The summed E-state index contributed by atoms with van der Waals surface area (Å²) in [6, 6.07) is 0. The van der Waals surface area contributed by atoms with E-state index in [1.165, 1.54) is 11.3 Å². The van der Waals surface area contributed by atoms with Gasteiger partial charge >= 0.3 is 5.97 Å². The van der Waals surface area contributed by atoms with Gasteiger partial charge in [-0.1, -0.05) is 0 Å². The predicted molar refractivity (Wildman–Crippen MR) is 67.0 cm³/mol. The van der Waals surface area contributed by atoms with Crippen molar-refractivity contribution < 1.29 is 14.7 Å². The first-order chi connectivity index (χ1) is 8.66. The molecule has 0 radical (unpaired) electrons. The second kappa shape index (κ2) is 5.95. The van der Waals surface area contributed by atoms with Crippen LogP contribution in [0.1, 0.15) is 30.6 Å². The zero-order chi connectivity index (χ0) is 13.0. The van der Waals surface area contributed by atoms with E-state index in [-0.39, 0.29) is 17.7 Å². The quantitative estimate of drug-likeness (QED) is 0.870. The van der Waals surface area contributed by atoms with Gasteiger partial charge < -0.3 is 10.4 Å². The van der Waals surface area contributed by atoms with E-state index in [2.05, 4.69) is 10.3 Å². The SMILES string of the molecule is O=C(O)C1CCC(C(=O)NCc2cncs2)CC1. The highest BCUT2D eigenvalue weighted by molar-refractivity contribution is 7.09. The van der Waals surface area contributed by atoms with Crippen molar-refractivity contribution in [1.82, 2.24) is 10.3 Å². The number of nitrogens with one attached hydrogen (secondary N) is 1. The highest BCUT2D eigenvalue weighted by Crippen LogP contribution is 2.29. The third kappa shape index (κ3) is 3.29. The topological polar surface area (TPSA) is 79.3 Å². The number of carbonyl (C=O) groups is 2. The third-order valence-electron chi connectivity index (χ3n) is 3.37. The Bertz CT molecular complexity index is 411. The van der Waals surface area contributed by atoms with Crippen molar-refractivity contribution in [2.45, 2.75) is 32.2 Å². The molecule has 0 aliphatic heterocycles. The van der Waals surface area contributed by atoms with E-state index < -0.39 is 5.97 Å². The van der Waals surface area contributed by atoms with Gasteiger partial charge in [-0.25, -0.2) is 0 Å². The Kier molecular flexibility index (Phi) is 4.30. The molecule has 0 bridgehead atoms. The fourth-order valence-corrected chi connectivity index (χ4v) is 2.78. The van der Waals surface area contributed by atoms with Crippen molar-refractivity contribution in [3.05, 3.63) is 16.6 Å². The number of carboxylic acid groups (broad SMARTS) is 1. The molecular weight excluding hydrogens is 252 g/mol. The first-order valence-electron chi connectivity index (χ1n) is 6.04. The molecule has 6 heteroatoms. The highest BCUT2D eigenvalue weighted by Gasteiger charge is 2.29. The first kappa shape index (κ1) is 13.0. The standard InChI is InChI=1S/C12H16N2O3S/c15-11(14-6-10-5-13-7-18-10)8-1-3-9(4-2-8)12(16)17/h5,7-9H,1-4,6H2,(H,14,15)(H,16,17). The summed E-state index contributed by atoms with van der Waals surface area (Å²) in [5.74, 6) is -1.00. The van der Waals surface area contributed by atoms with Gasteiger partial charge in [0, 0.05) is 17.0 Å². The Morgan fingerprint density at radius 2 is 2.00 bits per heavy atom. The lowest BCUT2D eigenvalue weighted by Crippen LogP contribution is -2.33. The fraction of sp³-hybridized carbons (Fsp3) is 0.583. The number of hydrogen-bond donors (Lipinski definition) is 2. The van der Waals surface area contributed by atoms with Crippen molar-refractivity contribution in [3.8, 4) is 0 Å². The second-order valence-corrected chi connectivity index (χ2v) is 5.54. The maximum absolute atomic E-state index is 11.9. The molecule has 2 rings (SSSR count). The summed E-state index contributed by atoms with van der Waals surface area (Å²) < 4.78 is 0. The maximum Gasteiger partial charge on any atom is 0.306 e. The van der Waals surface area contributed by atoms with Crippen LogP contribution in [-0.2, 0) is 16.1 Å². The summed E-state index contributed by atoms with van der Waals surface area (Å²) >= 11 is 1.51. The fourth-order valence-electron chi connectivity index (χ4n) is 2.25.